The Morgan fingerprint density at radius 1 is 1.67 bits per heavy atom. The monoisotopic (exact) mass is 245 g/mol. The standard InChI is InChI=1S/C11H16ClNOS/c1-8(9-5-4-6-15-9)13-10(14)11(2,3)7-12/h4-6,8H,7H2,1-3H3,(H,13,14)/t8-/m1/s1. The molecule has 2 nitrogen and oxygen atoms in total. The Kier molecular flexibility index (Phi) is 4.17. The number of carbonyl (C=O) groups excluding carboxylic acids is 1. The van der Waals surface area contributed by atoms with E-state index in [1.165, 1.54) is 0 Å². The molecule has 1 aromatic heterocycles. The minimum atomic E-state index is -0.507. The summed E-state index contributed by atoms with van der Waals surface area (Å²) in [6.07, 6.45) is 0. The molecule has 0 aliphatic carbocycles. The molecular formula is C11H16ClNOS. The summed E-state index contributed by atoms with van der Waals surface area (Å²) >= 11 is 7.38. The van der Waals surface area contributed by atoms with Gasteiger partial charge in [0.25, 0.3) is 0 Å². The van der Waals surface area contributed by atoms with Crippen LogP contribution in [0.25, 0.3) is 0 Å². The second-order valence-electron chi connectivity index (χ2n) is 4.23. The number of alkyl halides is 1. The molecule has 0 saturated carbocycles. The lowest BCUT2D eigenvalue weighted by Gasteiger charge is -2.23. The third kappa shape index (κ3) is 3.21. The van der Waals surface area contributed by atoms with E-state index in [1.54, 1.807) is 11.3 Å². The minimum absolute atomic E-state index is 0.00148. The predicted octanol–water partition coefficient (Wildman–Crippen LogP) is 3.19. The van der Waals surface area contributed by atoms with Crippen molar-refractivity contribution in [3.05, 3.63) is 22.4 Å². The molecule has 0 radical (unpaired) electrons. The van der Waals surface area contributed by atoms with E-state index in [-0.39, 0.29) is 11.9 Å². The third-order valence-corrected chi connectivity index (χ3v) is 3.99. The maximum absolute atomic E-state index is 11.8. The maximum atomic E-state index is 11.8. The summed E-state index contributed by atoms with van der Waals surface area (Å²) in [5.74, 6) is 0.328. The van der Waals surface area contributed by atoms with Gasteiger partial charge in [-0.1, -0.05) is 6.07 Å². The number of halogens is 1. The van der Waals surface area contributed by atoms with Crippen LogP contribution < -0.4 is 5.32 Å². The van der Waals surface area contributed by atoms with E-state index in [1.807, 2.05) is 38.3 Å². The first-order valence-corrected chi connectivity index (χ1v) is 6.29. The summed E-state index contributed by atoms with van der Waals surface area (Å²) < 4.78 is 0. The number of nitrogens with one attached hydrogen (secondary N) is 1. The van der Waals surface area contributed by atoms with E-state index in [0.29, 0.717) is 5.88 Å². The number of amides is 1. The van der Waals surface area contributed by atoms with E-state index in [0.717, 1.165) is 4.88 Å². The molecule has 84 valence electrons. The van der Waals surface area contributed by atoms with Crippen LogP contribution in [-0.2, 0) is 4.79 Å². The van der Waals surface area contributed by atoms with Gasteiger partial charge in [-0.3, -0.25) is 4.79 Å². The van der Waals surface area contributed by atoms with Crippen LogP contribution in [0.2, 0.25) is 0 Å². The molecule has 0 bridgehead atoms. The molecule has 1 amide bonds. The van der Waals surface area contributed by atoms with Crippen molar-refractivity contribution in [1.82, 2.24) is 5.32 Å². The largest absolute Gasteiger partial charge is 0.348 e. The van der Waals surface area contributed by atoms with Crippen molar-refractivity contribution in [2.75, 3.05) is 5.88 Å². The Labute approximate surface area is 99.6 Å². The van der Waals surface area contributed by atoms with Crippen molar-refractivity contribution in [1.29, 1.82) is 0 Å². The van der Waals surface area contributed by atoms with Gasteiger partial charge in [0.15, 0.2) is 0 Å². The van der Waals surface area contributed by atoms with Gasteiger partial charge >= 0.3 is 0 Å². The molecule has 0 aromatic carbocycles. The van der Waals surface area contributed by atoms with Crippen LogP contribution in [0.3, 0.4) is 0 Å². The van der Waals surface area contributed by atoms with Gasteiger partial charge in [0, 0.05) is 10.8 Å². The molecule has 1 rings (SSSR count). The van der Waals surface area contributed by atoms with Crippen LogP contribution in [0.1, 0.15) is 31.7 Å². The van der Waals surface area contributed by atoms with Gasteiger partial charge in [0.1, 0.15) is 0 Å². The lowest BCUT2D eigenvalue weighted by molar-refractivity contribution is -0.128. The van der Waals surface area contributed by atoms with Crippen LogP contribution in [-0.4, -0.2) is 11.8 Å². The van der Waals surface area contributed by atoms with E-state index in [9.17, 15) is 4.79 Å². The van der Waals surface area contributed by atoms with Crippen LogP contribution in [0, 0.1) is 5.41 Å². The minimum Gasteiger partial charge on any atom is -0.348 e. The topological polar surface area (TPSA) is 29.1 Å². The van der Waals surface area contributed by atoms with Gasteiger partial charge in [0.2, 0.25) is 5.91 Å². The van der Waals surface area contributed by atoms with Crippen LogP contribution in [0.4, 0.5) is 0 Å². The highest BCUT2D eigenvalue weighted by molar-refractivity contribution is 7.10. The Hall–Kier alpha value is -0.540. The van der Waals surface area contributed by atoms with Crippen molar-refractivity contribution in [3.63, 3.8) is 0 Å². The average Bonchev–Trinajstić information content (AvgIpc) is 2.70. The van der Waals surface area contributed by atoms with Gasteiger partial charge in [-0.25, -0.2) is 0 Å². The van der Waals surface area contributed by atoms with Gasteiger partial charge in [-0.2, -0.15) is 0 Å². The van der Waals surface area contributed by atoms with Gasteiger partial charge in [-0.15, -0.1) is 22.9 Å². The summed E-state index contributed by atoms with van der Waals surface area (Å²) in [7, 11) is 0. The summed E-state index contributed by atoms with van der Waals surface area (Å²) in [5, 5.41) is 4.97. The zero-order chi connectivity index (χ0) is 11.5. The molecule has 1 atom stereocenters. The first-order valence-electron chi connectivity index (χ1n) is 4.87. The summed E-state index contributed by atoms with van der Waals surface area (Å²) in [6, 6.07) is 4.05. The molecule has 0 unspecified atom stereocenters. The molecule has 0 spiro atoms. The molecule has 0 aliphatic heterocycles. The molecule has 0 saturated heterocycles. The van der Waals surface area contributed by atoms with Crippen molar-refractivity contribution in [3.8, 4) is 0 Å². The highest BCUT2D eigenvalue weighted by Crippen LogP contribution is 2.22. The summed E-state index contributed by atoms with van der Waals surface area (Å²) in [4.78, 5) is 13.0. The van der Waals surface area contributed by atoms with E-state index >= 15 is 0 Å². The molecule has 4 heteroatoms. The van der Waals surface area contributed by atoms with E-state index < -0.39 is 5.41 Å². The fourth-order valence-corrected chi connectivity index (χ4v) is 1.92. The van der Waals surface area contributed by atoms with Crippen LogP contribution >= 0.6 is 22.9 Å². The maximum Gasteiger partial charge on any atom is 0.227 e. The fourth-order valence-electron chi connectivity index (χ4n) is 1.06. The SMILES string of the molecule is C[C@@H](NC(=O)C(C)(C)CCl)c1cccs1. The zero-order valence-corrected chi connectivity index (χ0v) is 10.8. The highest BCUT2D eigenvalue weighted by atomic mass is 35.5. The van der Waals surface area contributed by atoms with Crippen LogP contribution in [0.15, 0.2) is 17.5 Å². The molecular weight excluding hydrogens is 230 g/mol. The Morgan fingerprint density at radius 3 is 2.80 bits per heavy atom. The molecule has 1 N–H and O–H groups in total. The van der Waals surface area contributed by atoms with Crippen molar-refractivity contribution >= 4 is 28.8 Å². The molecule has 1 aromatic rings. The molecule has 15 heavy (non-hydrogen) atoms. The molecule has 0 fully saturated rings. The van der Waals surface area contributed by atoms with Crippen molar-refractivity contribution < 1.29 is 4.79 Å². The van der Waals surface area contributed by atoms with Crippen molar-refractivity contribution in [2.45, 2.75) is 26.8 Å². The number of carbonyl (C=O) groups is 1. The lowest BCUT2D eigenvalue weighted by Crippen LogP contribution is -2.39. The number of thiophene rings is 1. The zero-order valence-electron chi connectivity index (χ0n) is 9.21. The second kappa shape index (κ2) is 4.99. The average molecular weight is 246 g/mol. The van der Waals surface area contributed by atoms with Crippen LogP contribution in [0.5, 0.6) is 0 Å². The third-order valence-electron chi connectivity index (χ3n) is 2.27. The summed E-state index contributed by atoms with van der Waals surface area (Å²) in [5.41, 5.74) is -0.507. The van der Waals surface area contributed by atoms with Gasteiger partial charge in [-0.05, 0) is 32.2 Å². The first-order chi connectivity index (χ1) is 6.97. The predicted molar refractivity (Wildman–Crippen MR) is 65.4 cm³/mol. The highest BCUT2D eigenvalue weighted by Gasteiger charge is 2.27. The smallest absolute Gasteiger partial charge is 0.227 e. The number of rotatable bonds is 4. The summed E-state index contributed by atoms with van der Waals surface area (Å²) in [6.45, 7) is 5.67. The quantitative estimate of drug-likeness (QED) is 0.811. The molecule has 1 heterocycles. The van der Waals surface area contributed by atoms with Gasteiger partial charge < -0.3 is 5.32 Å². The number of hydrogen-bond acceptors (Lipinski definition) is 2. The Balaban J connectivity index is 2.60. The number of hydrogen-bond donors (Lipinski definition) is 1. The van der Waals surface area contributed by atoms with Gasteiger partial charge in [0.05, 0.1) is 11.5 Å². The van der Waals surface area contributed by atoms with E-state index in [4.69, 9.17) is 11.6 Å². The second-order valence-corrected chi connectivity index (χ2v) is 5.47. The van der Waals surface area contributed by atoms with Crippen molar-refractivity contribution in [2.24, 2.45) is 5.41 Å². The fraction of sp³-hybridized carbons (Fsp3) is 0.545. The Bertz CT molecular complexity index is 321. The van der Waals surface area contributed by atoms with E-state index in [2.05, 4.69) is 5.32 Å². The lowest BCUT2D eigenvalue weighted by atomic mass is 9.95. The first kappa shape index (κ1) is 12.5. The Morgan fingerprint density at radius 2 is 2.33 bits per heavy atom. The normalized spacial score (nSPS) is 13.6. The molecule has 0 aliphatic rings.